The number of amides is 2. The monoisotopic (exact) mass is 338 g/mol. The molecule has 0 bridgehead atoms. The summed E-state index contributed by atoms with van der Waals surface area (Å²) in [6, 6.07) is -0.0599. The molecule has 1 aliphatic rings. The number of alkyl carbamates (subject to hydrolysis) is 1. The molecule has 0 aliphatic carbocycles. The third kappa shape index (κ3) is 7.12. The second kappa shape index (κ2) is 7.78. The van der Waals surface area contributed by atoms with Crippen molar-refractivity contribution >= 4 is 12.2 Å². The molecule has 1 unspecified atom stereocenters. The topological polar surface area (TPSA) is 67.9 Å². The Morgan fingerprint density at radius 2 is 1.75 bits per heavy atom. The van der Waals surface area contributed by atoms with E-state index in [0.29, 0.717) is 19.5 Å². The first-order chi connectivity index (χ1) is 10.9. The van der Waals surface area contributed by atoms with Crippen LogP contribution in [0.2, 0.25) is 0 Å². The average molecular weight is 338 g/mol. The Kier molecular flexibility index (Phi) is 6.53. The van der Waals surface area contributed by atoms with E-state index in [1.54, 1.807) is 4.90 Å². The van der Waals surface area contributed by atoms with E-state index >= 15 is 0 Å². The molecule has 24 heavy (non-hydrogen) atoms. The van der Waals surface area contributed by atoms with Gasteiger partial charge in [-0.25, -0.2) is 9.59 Å². The summed E-state index contributed by atoms with van der Waals surface area (Å²) in [6.45, 7) is 11.9. The molecule has 0 aromatic rings. The van der Waals surface area contributed by atoms with Crippen molar-refractivity contribution in [3.8, 4) is 12.3 Å². The minimum absolute atomic E-state index is 0.0599. The molecule has 0 aromatic carbocycles. The van der Waals surface area contributed by atoms with Crippen LogP contribution in [0.4, 0.5) is 9.59 Å². The zero-order valence-electron chi connectivity index (χ0n) is 15.6. The summed E-state index contributed by atoms with van der Waals surface area (Å²) >= 11 is 0. The van der Waals surface area contributed by atoms with Gasteiger partial charge in [-0.2, -0.15) is 0 Å². The van der Waals surface area contributed by atoms with Crippen molar-refractivity contribution in [3.63, 3.8) is 0 Å². The Bertz CT molecular complexity index is 497. The standard InChI is InChI=1S/C18H30N2O4/c1-8-9-14-10-13(11-19-15(21)23-17(2,3)4)12-20(14)16(22)24-18(5,6)7/h1,13-14H,9-12H2,2-7H3,(H,19,21)/t13-,14?/m1/s1. The fraction of sp³-hybridized carbons (Fsp3) is 0.778. The molecule has 1 N–H and O–H groups in total. The largest absolute Gasteiger partial charge is 0.444 e. The Labute approximate surface area is 145 Å². The predicted octanol–water partition coefficient (Wildman–Crippen LogP) is 3.16. The smallest absolute Gasteiger partial charge is 0.410 e. The number of hydrogen-bond donors (Lipinski definition) is 1. The van der Waals surface area contributed by atoms with Crippen molar-refractivity contribution in [1.29, 1.82) is 0 Å². The summed E-state index contributed by atoms with van der Waals surface area (Å²) in [5.74, 6) is 2.74. The van der Waals surface area contributed by atoms with Crippen molar-refractivity contribution < 1.29 is 19.1 Å². The van der Waals surface area contributed by atoms with Gasteiger partial charge >= 0.3 is 12.2 Å². The van der Waals surface area contributed by atoms with Gasteiger partial charge in [0, 0.05) is 25.6 Å². The van der Waals surface area contributed by atoms with E-state index in [-0.39, 0.29) is 18.1 Å². The molecule has 6 nitrogen and oxygen atoms in total. The molecule has 1 aliphatic heterocycles. The van der Waals surface area contributed by atoms with Crippen LogP contribution in [0.1, 0.15) is 54.4 Å². The van der Waals surface area contributed by atoms with Gasteiger partial charge in [-0.3, -0.25) is 0 Å². The highest BCUT2D eigenvalue weighted by Gasteiger charge is 2.37. The minimum Gasteiger partial charge on any atom is -0.444 e. The number of carbonyl (C=O) groups is 2. The van der Waals surface area contributed by atoms with Crippen LogP contribution >= 0.6 is 0 Å². The zero-order chi connectivity index (χ0) is 18.5. The first kappa shape index (κ1) is 20.1. The number of rotatable bonds is 3. The molecule has 1 heterocycles. The molecular weight excluding hydrogens is 308 g/mol. The third-order valence-electron chi connectivity index (χ3n) is 3.42. The Morgan fingerprint density at radius 3 is 2.25 bits per heavy atom. The van der Waals surface area contributed by atoms with Crippen LogP contribution in [-0.4, -0.2) is 47.4 Å². The van der Waals surface area contributed by atoms with Crippen LogP contribution in [0.5, 0.6) is 0 Å². The second-order valence-corrected chi connectivity index (χ2v) is 8.18. The van der Waals surface area contributed by atoms with Gasteiger partial charge in [0.1, 0.15) is 11.2 Å². The zero-order valence-corrected chi connectivity index (χ0v) is 15.6. The van der Waals surface area contributed by atoms with Crippen molar-refractivity contribution in [2.75, 3.05) is 13.1 Å². The molecule has 0 radical (unpaired) electrons. The maximum atomic E-state index is 12.3. The van der Waals surface area contributed by atoms with Gasteiger partial charge in [0.2, 0.25) is 0 Å². The molecular formula is C18H30N2O4. The number of terminal acetylenes is 1. The fourth-order valence-electron chi connectivity index (χ4n) is 2.58. The summed E-state index contributed by atoms with van der Waals surface area (Å²) in [4.78, 5) is 25.8. The van der Waals surface area contributed by atoms with E-state index in [2.05, 4.69) is 11.2 Å². The molecule has 2 amide bonds. The molecule has 1 fully saturated rings. The maximum Gasteiger partial charge on any atom is 0.410 e. The maximum absolute atomic E-state index is 12.3. The molecule has 0 saturated carbocycles. The number of nitrogens with zero attached hydrogens (tertiary/aromatic N) is 1. The van der Waals surface area contributed by atoms with Crippen LogP contribution in [0.25, 0.3) is 0 Å². The van der Waals surface area contributed by atoms with E-state index in [0.717, 1.165) is 6.42 Å². The molecule has 0 aromatic heterocycles. The fourth-order valence-corrected chi connectivity index (χ4v) is 2.58. The minimum atomic E-state index is -0.551. The Morgan fingerprint density at radius 1 is 1.17 bits per heavy atom. The highest BCUT2D eigenvalue weighted by Crippen LogP contribution is 2.27. The van der Waals surface area contributed by atoms with Crippen LogP contribution < -0.4 is 5.32 Å². The molecule has 2 atom stereocenters. The lowest BCUT2D eigenvalue weighted by Gasteiger charge is -2.27. The number of carbonyl (C=O) groups excluding carboxylic acids is 2. The summed E-state index contributed by atoms with van der Waals surface area (Å²) in [5, 5.41) is 2.76. The molecule has 136 valence electrons. The molecule has 6 heteroatoms. The van der Waals surface area contributed by atoms with E-state index in [1.165, 1.54) is 0 Å². The number of ether oxygens (including phenoxy) is 2. The highest BCUT2D eigenvalue weighted by molar-refractivity contribution is 5.69. The highest BCUT2D eigenvalue weighted by atomic mass is 16.6. The average Bonchev–Trinajstić information content (AvgIpc) is 2.76. The van der Waals surface area contributed by atoms with Gasteiger partial charge in [0.25, 0.3) is 0 Å². The van der Waals surface area contributed by atoms with Crippen LogP contribution in [0.15, 0.2) is 0 Å². The van der Waals surface area contributed by atoms with Gasteiger partial charge in [-0.05, 0) is 53.9 Å². The van der Waals surface area contributed by atoms with Gasteiger partial charge in [-0.15, -0.1) is 12.3 Å². The SMILES string of the molecule is C#CCC1C[C@H](CNC(=O)OC(C)(C)C)CN1C(=O)OC(C)(C)C. The summed E-state index contributed by atoms with van der Waals surface area (Å²) in [5.41, 5.74) is -1.08. The molecule has 1 rings (SSSR count). The van der Waals surface area contributed by atoms with Crippen molar-refractivity contribution in [1.82, 2.24) is 10.2 Å². The van der Waals surface area contributed by atoms with E-state index in [9.17, 15) is 9.59 Å². The lowest BCUT2D eigenvalue weighted by Crippen LogP contribution is -2.40. The van der Waals surface area contributed by atoms with Gasteiger partial charge in [-0.1, -0.05) is 0 Å². The number of hydrogen-bond acceptors (Lipinski definition) is 4. The Balaban J connectivity index is 2.59. The van der Waals surface area contributed by atoms with E-state index in [4.69, 9.17) is 15.9 Å². The van der Waals surface area contributed by atoms with Gasteiger partial charge < -0.3 is 19.7 Å². The Hall–Kier alpha value is -1.90. The van der Waals surface area contributed by atoms with E-state index < -0.39 is 17.3 Å². The van der Waals surface area contributed by atoms with Crippen LogP contribution in [-0.2, 0) is 9.47 Å². The lowest BCUT2D eigenvalue weighted by atomic mass is 10.0. The summed E-state index contributed by atoms with van der Waals surface area (Å²) < 4.78 is 10.7. The number of likely N-dealkylation sites (tertiary alicyclic amines) is 1. The van der Waals surface area contributed by atoms with E-state index in [1.807, 2.05) is 41.5 Å². The summed E-state index contributed by atoms with van der Waals surface area (Å²) in [6.07, 6.45) is 5.82. The van der Waals surface area contributed by atoms with Gasteiger partial charge in [0.05, 0.1) is 0 Å². The predicted molar refractivity (Wildman–Crippen MR) is 92.5 cm³/mol. The third-order valence-corrected chi connectivity index (χ3v) is 3.42. The molecule has 1 saturated heterocycles. The van der Waals surface area contributed by atoms with Crippen molar-refractivity contribution in [2.24, 2.45) is 5.92 Å². The second-order valence-electron chi connectivity index (χ2n) is 8.18. The molecule has 0 spiro atoms. The normalized spacial score (nSPS) is 21.1. The van der Waals surface area contributed by atoms with Crippen molar-refractivity contribution in [3.05, 3.63) is 0 Å². The van der Waals surface area contributed by atoms with Crippen molar-refractivity contribution in [2.45, 2.75) is 71.6 Å². The number of nitrogens with one attached hydrogen (secondary N) is 1. The first-order valence-electron chi connectivity index (χ1n) is 8.31. The summed E-state index contributed by atoms with van der Waals surface area (Å²) in [7, 11) is 0. The lowest BCUT2D eigenvalue weighted by molar-refractivity contribution is 0.0225. The van der Waals surface area contributed by atoms with Crippen LogP contribution in [0.3, 0.4) is 0 Å². The first-order valence-corrected chi connectivity index (χ1v) is 8.31. The van der Waals surface area contributed by atoms with Crippen LogP contribution in [0, 0.1) is 18.3 Å². The quantitative estimate of drug-likeness (QED) is 0.803. The van der Waals surface area contributed by atoms with Gasteiger partial charge in [0.15, 0.2) is 0 Å².